The maximum atomic E-state index is 11.8. The van der Waals surface area contributed by atoms with Crippen molar-refractivity contribution in [1.82, 2.24) is 4.31 Å². The summed E-state index contributed by atoms with van der Waals surface area (Å²) in [7, 11) is -3.20. The highest BCUT2D eigenvalue weighted by Crippen LogP contribution is 2.32. The predicted octanol–water partition coefficient (Wildman–Crippen LogP) is 0.597. The monoisotopic (exact) mass is 233 g/mol. The van der Waals surface area contributed by atoms with Gasteiger partial charge in [-0.3, -0.25) is 0 Å². The van der Waals surface area contributed by atoms with Crippen LogP contribution in [0.3, 0.4) is 0 Å². The normalized spacial score (nSPS) is 16.9. The van der Waals surface area contributed by atoms with Gasteiger partial charge in [-0.15, -0.1) is 6.58 Å². The van der Waals surface area contributed by atoms with Crippen molar-refractivity contribution in [2.24, 2.45) is 5.92 Å². The Morgan fingerprint density at radius 3 is 2.60 bits per heavy atom. The molecular weight excluding hydrogens is 214 g/mol. The molecule has 0 saturated heterocycles. The van der Waals surface area contributed by atoms with Crippen LogP contribution in [0.5, 0.6) is 0 Å². The van der Waals surface area contributed by atoms with Gasteiger partial charge in [0.25, 0.3) is 0 Å². The molecule has 15 heavy (non-hydrogen) atoms. The molecule has 0 atom stereocenters. The fraction of sp³-hybridized carbons (Fsp3) is 0.800. The van der Waals surface area contributed by atoms with Crippen LogP contribution in [0.4, 0.5) is 0 Å². The molecule has 1 aliphatic rings. The summed E-state index contributed by atoms with van der Waals surface area (Å²) in [5, 5.41) is 8.78. The summed E-state index contributed by atoms with van der Waals surface area (Å²) >= 11 is 0. The summed E-state index contributed by atoms with van der Waals surface area (Å²) in [4.78, 5) is 0. The summed E-state index contributed by atoms with van der Waals surface area (Å²) in [5.41, 5.74) is 0. The van der Waals surface area contributed by atoms with Crippen molar-refractivity contribution in [3.8, 4) is 0 Å². The topological polar surface area (TPSA) is 57.6 Å². The standard InChI is InChI=1S/C10H19NO3S/c1-2-6-11(7-8-12)15(13,14)9-5-10-3-4-10/h2,10,12H,1,3-9H2. The molecule has 88 valence electrons. The summed E-state index contributed by atoms with van der Waals surface area (Å²) in [6, 6.07) is 0. The van der Waals surface area contributed by atoms with Gasteiger partial charge >= 0.3 is 0 Å². The Balaban J connectivity index is 2.48. The molecule has 4 nitrogen and oxygen atoms in total. The van der Waals surface area contributed by atoms with E-state index in [9.17, 15) is 8.42 Å². The molecule has 1 aliphatic carbocycles. The number of sulfonamides is 1. The molecule has 0 aromatic carbocycles. The Bertz CT molecular complexity index is 296. The minimum absolute atomic E-state index is 0.142. The van der Waals surface area contributed by atoms with E-state index in [0.29, 0.717) is 5.92 Å². The SMILES string of the molecule is C=CCN(CCO)S(=O)(=O)CCC1CC1. The van der Waals surface area contributed by atoms with Crippen molar-refractivity contribution in [2.75, 3.05) is 25.4 Å². The van der Waals surface area contributed by atoms with Crippen LogP contribution in [0.25, 0.3) is 0 Å². The Kier molecular flexibility index (Phi) is 4.76. The zero-order valence-corrected chi connectivity index (χ0v) is 9.75. The Labute approximate surface area is 91.6 Å². The Morgan fingerprint density at radius 2 is 2.13 bits per heavy atom. The number of hydrogen-bond acceptors (Lipinski definition) is 3. The van der Waals surface area contributed by atoms with Gasteiger partial charge in [-0.1, -0.05) is 18.9 Å². The molecule has 0 aromatic heterocycles. The van der Waals surface area contributed by atoms with Gasteiger partial charge in [0.2, 0.25) is 10.0 Å². The predicted molar refractivity (Wildman–Crippen MR) is 60.0 cm³/mol. The van der Waals surface area contributed by atoms with Gasteiger partial charge < -0.3 is 5.11 Å². The van der Waals surface area contributed by atoms with E-state index < -0.39 is 10.0 Å². The highest BCUT2D eigenvalue weighted by molar-refractivity contribution is 7.89. The second kappa shape index (κ2) is 5.63. The first-order valence-electron chi connectivity index (χ1n) is 5.29. The molecule has 1 saturated carbocycles. The van der Waals surface area contributed by atoms with E-state index in [-0.39, 0.29) is 25.4 Å². The van der Waals surface area contributed by atoms with E-state index in [1.54, 1.807) is 6.08 Å². The molecule has 1 fully saturated rings. The molecule has 0 aliphatic heterocycles. The zero-order valence-electron chi connectivity index (χ0n) is 8.93. The molecule has 5 heteroatoms. The summed E-state index contributed by atoms with van der Waals surface area (Å²) in [6.07, 6.45) is 4.62. The molecule has 0 unspecified atom stereocenters. The second-order valence-corrected chi connectivity index (χ2v) is 6.01. The summed E-state index contributed by atoms with van der Waals surface area (Å²) in [6.45, 7) is 3.82. The first-order chi connectivity index (χ1) is 7.10. The van der Waals surface area contributed by atoms with Crippen molar-refractivity contribution in [3.63, 3.8) is 0 Å². The third kappa shape index (κ3) is 4.32. The van der Waals surface area contributed by atoms with Gasteiger partial charge in [0.15, 0.2) is 0 Å². The molecular formula is C10H19NO3S. The van der Waals surface area contributed by atoms with Gasteiger partial charge in [-0.05, 0) is 12.3 Å². The molecule has 0 bridgehead atoms. The van der Waals surface area contributed by atoms with Crippen LogP contribution in [0.15, 0.2) is 12.7 Å². The molecule has 1 N–H and O–H groups in total. The maximum absolute atomic E-state index is 11.8. The van der Waals surface area contributed by atoms with E-state index in [4.69, 9.17) is 5.11 Å². The average Bonchev–Trinajstić information content (AvgIpc) is 2.98. The smallest absolute Gasteiger partial charge is 0.214 e. The van der Waals surface area contributed by atoms with E-state index >= 15 is 0 Å². The Morgan fingerprint density at radius 1 is 1.47 bits per heavy atom. The van der Waals surface area contributed by atoms with Crippen molar-refractivity contribution in [2.45, 2.75) is 19.3 Å². The van der Waals surface area contributed by atoms with E-state index in [0.717, 1.165) is 19.3 Å². The number of rotatable bonds is 8. The quantitative estimate of drug-likeness (QED) is 0.624. The molecule has 0 amide bonds. The maximum Gasteiger partial charge on any atom is 0.214 e. The lowest BCUT2D eigenvalue weighted by molar-refractivity contribution is 0.260. The second-order valence-electron chi connectivity index (χ2n) is 3.92. The van der Waals surface area contributed by atoms with Gasteiger partial charge in [0, 0.05) is 13.1 Å². The van der Waals surface area contributed by atoms with Gasteiger partial charge in [-0.2, -0.15) is 4.31 Å². The third-order valence-corrected chi connectivity index (χ3v) is 4.43. The van der Waals surface area contributed by atoms with Crippen LogP contribution in [-0.2, 0) is 10.0 Å². The summed E-state index contributed by atoms with van der Waals surface area (Å²) < 4.78 is 24.9. The van der Waals surface area contributed by atoms with E-state index in [1.807, 2.05) is 0 Å². The molecule has 1 rings (SSSR count). The number of aliphatic hydroxyl groups is 1. The lowest BCUT2D eigenvalue weighted by Crippen LogP contribution is -2.35. The number of hydrogen-bond donors (Lipinski definition) is 1. The van der Waals surface area contributed by atoms with Crippen LogP contribution in [0, 0.1) is 5.92 Å². The van der Waals surface area contributed by atoms with Crippen LogP contribution in [-0.4, -0.2) is 43.3 Å². The molecule has 0 radical (unpaired) electrons. The number of nitrogens with zero attached hydrogens (tertiary/aromatic N) is 1. The third-order valence-electron chi connectivity index (χ3n) is 2.56. The average molecular weight is 233 g/mol. The van der Waals surface area contributed by atoms with Crippen molar-refractivity contribution in [3.05, 3.63) is 12.7 Å². The van der Waals surface area contributed by atoms with Crippen molar-refractivity contribution < 1.29 is 13.5 Å². The zero-order chi connectivity index (χ0) is 11.3. The summed E-state index contributed by atoms with van der Waals surface area (Å²) in [5.74, 6) is 0.811. The first kappa shape index (κ1) is 12.7. The van der Waals surface area contributed by atoms with E-state index in [2.05, 4.69) is 6.58 Å². The minimum atomic E-state index is -3.20. The molecule has 0 heterocycles. The van der Waals surface area contributed by atoms with Crippen molar-refractivity contribution >= 4 is 10.0 Å². The van der Waals surface area contributed by atoms with Crippen LogP contribution in [0.2, 0.25) is 0 Å². The first-order valence-corrected chi connectivity index (χ1v) is 6.90. The highest BCUT2D eigenvalue weighted by atomic mass is 32.2. The molecule has 0 spiro atoms. The van der Waals surface area contributed by atoms with Crippen molar-refractivity contribution in [1.29, 1.82) is 0 Å². The van der Waals surface area contributed by atoms with Gasteiger partial charge in [-0.25, -0.2) is 8.42 Å². The van der Waals surface area contributed by atoms with E-state index in [1.165, 1.54) is 4.31 Å². The fourth-order valence-corrected chi connectivity index (χ4v) is 3.03. The Hall–Kier alpha value is -0.390. The van der Waals surface area contributed by atoms with Gasteiger partial charge in [0.05, 0.1) is 12.4 Å². The largest absolute Gasteiger partial charge is 0.395 e. The van der Waals surface area contributed by atoms with Crippen LogP contribution >= 0.6 is 0 Å². The fourth-order valence-electron chi connectivity index (χ4n) is 1.45. The lowest BCUT2D eigenvalue weighted by atomic mass is 10.3. The molecule has 0 aromatic rings. The minimum Gasteiger partial charge on any atom is -0.395 e. The highest BCUT2D eigenvalue weighted by Gasteiger charge is 2.26. The van der Waals surface area contributed by atoms with Crippen LogP contribution in [0.1, 0.15) is 19.3 Å². The van der Waals surface area contributed by atoms with Crippen LogP contribution < -0.4 is 0 Å². The lowest BCUT2D eigenvalue weighted by Gasteiger charge is -2.19. The van der Waals surface area contributed by atoms with Gasteiger partial charge in [0.1, 0.15) is 0 Å². The number of aliphatic hydroxyl groups excluding tert-OH is 1.